The van der Waals surface area contributed by atoms with Crippen molar-refractivity contribution in [3.05, 3.63) is 65.5 Å². The molecule has 2 aromatic rings. The van der Waals surface area contributed by atoms with Crippen LogP contribution in [0.1, 0.15) is 28.9 Å². The standard InChI is InChI=1S/C15H15FN2O/c1-10(17)11-4-8-14(9-5-11)18-15(19)12-2-6-13(16)7-3-12/h2-10H,17H2,1H3,(H,18,19)/t10-/m1/s1. The van der Waals surface area contributed by atoms with E-state index in [0.29, 0.717) is 11.3 Å². The van der Waals surface area contributed by atoms with Gasteiger partial charge in [-0.25, -0.2) is 4.39 Å². The van der Waals surface area contributed by atoms with Crippen LogP contribution in [-0.2, 0) is 0 Å². The van der Waals surface area contributed by atoms with Gasteiger partial charge in [0.15, 0.2) is 0 Å². The second-order valence-electron chi connectivity index (χ2n) is 4.37. The van der Waals surface area contributed by atoms with Gasteiger partial charge in [0.05, 0.1) is 0 Å². The molecule has 0 heterocycles. The van der Waals surface area contributed by atoms with Crippen molar-refractivity contribution in [3.63, 3.8) is 0 Å². The van der Waals surface area contributed by atoms with Crippen LogP contribution in [0.3, 0.4) is 0 Å². The molecule has 0 unspecified atom stereocenters. The molecule has 0 aliphatic heterocycles. The number of carbonyl (C=O) groups excluding carboxylic acids is 1. The number of hydrogen-bond donors (Lipinski definition) is 2. The summed E-state index contributed by atoms with van der Waals surface area (Å²) in [4.78, 5) is 11.9. The summed E-state index contributed by atoms with van der Waals surface area (Å²) in [7, 11) is 0. The number of anilines is 1. The van der Waals surface area contributed by atoms with E-state index in [1.54, 1.807) is 12.1 Å². The van der Waals surface area contributed by atoms with Gasteiger partial charge in [0.2, 0.25) is 0 Å². The van der Waals surface area contributed by atoms with E-state index in [4.69, 9.17) is 5.73 Å². The molecular weight excluding hydrogens is 243 g/mol. The molecule has 3 nitrogen and oxygen atoms in total. The zero-order valence-electron chi connectivity index (χ0n) is 10.6. The highest BCUT2D eigenvalue weighted by Gasteiger charge is 2.06. The maximum atomic E-state index is 12.8. The zero-order valence-corrected chi connectivity index (χ0v) is 10.6. The minimum absolute atomic E-state index is 0.0400. The molecule has 1 amide bonds. The first kappa shape index (κ1) is 13.2. The summed E-state index contributed by atoms with van der Waals surface area (Å²) < 4.78 is 12.8. The Bertz CT molecular complexity index is 562. The minimum Gasteiger partial charge on any atom is -0.324 e. The SMILES string of the molecule is C[C@@H](N)c1ccc(NC(=O)c2ccc(F)cc2)cc1. The molecule has 0 saturated carbocycles. The van der Waals surface area contributed by atoms with E-state index in [1.807, 2.05) is 19.1 Å². The molecule has 1 atom stereocenters. The molecule has 0 saturated heterocycles. The Morgan fingerprint density at radius 3 is 2.21 bits per heavy atom. The molecule has 0 radical (unpaired) electrons. The van der Waals surface area contributed by atoms with Crippen LogP contribution in [0.25, 0.3) is 0 Å². The van der Waals surface area contributed by atoms with Crippen molar-refractivity contribution in [1.82, 2.24) is 0 Å². The molecule has 0 aliphatic rings. The molecule has 3 N–H and O–H groups in total. The molecular formula is C15H15FN2O. The van der Waals surface area contributed by atoms with Gasteiger partial charge in [-0.1, -0.05) is 12.1 Å². The average Bonchev–Trinajstić information content (AvgIpc) is 2.40. The Morgan fingerprint density at radius 2 is 1.68 bits per heavy atom. The first-order chi connectivity index (χ1) is 9.06. The molecule has 0 fully saturated rings. The molecule has 98 valence electrons. The molecule has 4 heteroatoms. The molecule has 0 bridgehead atoms. The normalized spacial score (nSPS) is 11.9. The van der Waals surface area contributed by atoms with Gasteiger partial charge in [-0.3, -0.25) is 4.79 Å². The van der Waals surface area contributed by atoms with Gasteiger partial charge in [0, 0.05) is 17.3 Å². The van der Waals surface area contributed by atoms with E-state index in [9.17, 15) is 9.18 Å². The lowest BCUT2D eigenvalue weighted by Crippen LogP contribution is -2.12. The second kappa shape index (κ2) is 5.63. The van der Waals surface area contributed by atoms with Gasteiger partial charge in [0.1, 0.15) is 5.82 Å². The lowest BCUT2D eigenvalue weighted by molar-refractivity contribution is 0.102. The first-order valence-electron chi connectivity index (χ1n) is 5.99. The number of carbonyl (C=O) groups is 1. The van der Waals surface area contributed by atoms with Gasteiger partial charge < -0.3 is 11.1 Å². The number of hydrogen-bond acceptors (Lipinski definition) is 2. The predicted molar refractivity (Wildman–Crippen MR) is 73.4 cm³/mol. The maximum Gasteiger partial charge on any atom is 0.255 e. The molecule has 0 aromatic heterocycles. The Kier molecular flexibility index (Phi) is 3.92. The van der Waals surface area contributed by atoms with E-state index in [-0.39, 0.29) is 17.8 Å². The van der Waals surface area contributed by atoms with E-state index in [0.717, 1.165) is 5.56 Å². The maximum absolute atomic E-state index is 12.8. The monoisotopic (exact) mass is 258 g/mol. The predicted octanol–water partition coefficient (Wildman–Crippen LogP) is 3.10. The van der Waals surface area contributed by atoms with Crippen molar-refractivity contribution in [1.29, 1.82) is 0 Å². The van der Waals surface area contributed by atoms with Gasteiger partial charge in [0.25, 0.3) is 5.91 Å². The van der Waals surface area contributed by atoms with E-state index < -0.39 is 0 Å². The van der Waals surface area contributed by atoms with Gasteiger partial charge in [-0.2, -0.15) is 0 Å². The number of nitrogens with two attached hydrogens (primary N) is 1. The van der Waals surface area contributed by atoms with Crippen molar-refractivity contribution in [2.75, 3.05) is 5.32 Å². The van der Waals surface area contributed by atoms with E-state index in [1.165, 1.54) is 24.3 Å². The van der Waals surface area contributed by atoms with Gasteiger partial charge in [-0.05, 0) is 48.9 Å². The fourth-order valence-electron chi connectivity index (χ4n) is 1.67. The molecule has 2 rings (SSSR count). The van der Waals surface area contributed by atoms with Crippen LogP contribution in [0.4, 0.5) is 10.1 Å². The summed E-state index contributed by atoms with van der Waals surface area (Å²) in [6, 6.07) is 12.7. The minimum atomic E-state index is -0.363. The van der Waals surface area contributed by atoms with Crippen LogP contribution in [-0.4, -0.2) is 5.91 Å². The summed E-state index contributed by atoms with van der Waals surface area (Å²) in [6.07, 6.45) is 0. The largest absolute Gasteiger partial charge is 0.324 e. The van der Waals surface area contributed by atoms with Gasteiger partial charge >= 0.3 is 0 Å². The summed E-state index contributed by atoms with van der Waals surface area (Å²) >= 11 is 0. The van der Waals surface area contributed by atoms with Crippen LogP contribution in [0.15, 0.2) is 48.5 Å². The third kappa shape index (κ3) is 3.39. The summed E-state index contributed by atoms with van der Waals surface area (Å²) in [6.45, 7) is 1.89. The van der Waals surface area contributed by atoms with Gasteiger partial charge in [-0.15, -0.1) is 0 Å². The lowest BCUT2D eigenvalue weighted by atomic mass is 10.1. The summed E-state index contributed by atoms with van der Waals surface area (Å²) in [5.74, 6) is -0.633. The fourth-order valence-corrected chi connectivity index (χ4v) is 1.67. The van der Waals surface area contributed by atoms with Crippen LogP contribution < -0.4 is 11.1 Å². The third-order valence-electron chi connectivity index (χ3n) is 2.80. The average molecular weight is 258 g/mol. The highest BCUT2D eigenvalue weighted by Crippen LogP contribution is 2.15. The zero-order chi connectivity index (χ0) is 13.8. The topological polar surface area (TPSA) is 55.1 Å². The van der Waals surface area contributed by atoms with Crippen LogP contribution >= 0.6 is 0 Å². The number of nitrogens with one attached hydrogen (secondary N) is 1. The molecule has 0 aliphatic carbocycles. The Balaban J connectivity index is 2.08. The fraction of sp³-hybridized carbons (Fsp3) is 0.133. The Labute approximate surface area is 111 Å². The molecule has 0 spiro atoms. The number of benzene rings is 2. The highest BCUT2D eigenvalue weighted by molar-refractivity contribution is 6.04. The Hall–Kier alpha value is -2.20. The third-order valence-corrected chi connectivity index (χ3v) is 2.80. The van der Waals surface area contributed by atoms with Crippen LogP contribution in [0, 0.1) is 5.82 Å². The quantitative estimate of drug-likeness (QED) is 0.888. The summed E-state index contributed by atoms with van der Waals surface area (Å²) in [5, 5.41) is 2.74. The van der Waals surface area contributed by atoms with Crippen LogP contribution in [0.5, 0.6) is 0 Å². The second-order valence-corrected chi connectivity index (χ2v) is 4.37. The Morgan fingerprint density at radius 1 is 1.11 bits per heavy atom. The highest BCUT2D eigenvalue weighted by atomic mass is 19.1. The van der Waals surface area contributed by atoms with Crippen molar-refractivity contribution in [2.45, 2.75) is 13.0 Å². The first-order valence-corrected chi connectivity index (χ1v) is 5.99. The number of amides is 1. The van der Waals surface area contributed by atoms with Crippen molar-refractivity contribution >= 4 is 11.6 Å². The van der Waals surface area contributed by atoms with E-state index >= 15 is 0 Å². The number of rotatable bonds is 3. The lowest BCUT2D eigenvalue weighted by Gasteiger charge is -2.08. The van der Waals surface area contributed by atoms with E-state index in [2.05, 4.69) is 5.32 Å². The van der Waals surface area contributed by atoms with Crippen molar-refractivity contribution < 1.29 is 9.18 Å². The van der Waals surface area contributed by atoms with Crippen molar-refractivity contribution in [2.24, 2.45) is 5.73 Å². The molecule has 2 aromatic carbocycles. The smallest absolute Gasteiger partial charge is 0.255 e. The van der Waals surface area contributed by atoms with Crippen molar-refractivity contribution in [3.8, 4) is 0 Å². The summed E-state index contributed by atoms with van der Waals surface area (Å²) in [5.41, 5.74) is 7.84. The number of halogens is 1. The van der Waals surface area contributed by atoms with Crippen LogP contribution in [0.2, 0.25) is 0 Å². The molecule has 19 heavy (non-hydrogen) atoms.